The zero-order valence-electron chi connectivity index (χ0n) is 22.5. The van der Waals surface area contributed by atoms with E-state index in [4.69, 9.17) is 0 Å². The zero-order valence-corrected chi connectivity index (χ0v) is 23.3. The average Bonchev–Trinajstić information content (AvgIpc) is 3.53. The maximum atomic E-state index is 2.41. The van der Waals surface area contributed by atoms with Gasteiger partial charge < -0.3 is 4.57 Å². The minimum Gasteiger partial charge on any atom is -0.309 e. The first-order chi connectivity index (χ1) is 19.7. The lowest BCUT2D eigenvalue weighted by atomic mass is 9.90. The Bertz CT molecular complexity index is 2190. The molecule has 8 rings (SSSR count). The third-order valence-corrected chi connectivity index (χ3v) is 9.60. The number of rotatable bonds is 3. The van der Waals surface area contributed by atoms with E-state index in [1.54, 1.807) is 0 Å². The monoisotopic (exact) mass is 529 g/mol. The molecule has 0 spiro atoms. The summed E-state index contributed by atoms with van der Waals surface area (Å²) < 4.78 is 5.08. The summed E-state index contributed by atoms with van der Waals surface area (Å²) in [6.07, 6.45) is 0. The van der Waals surface area contributed by atoms with Crippen molar-refractivity contribution in [3.8, 4) is 27.9 Å². The van der Waals surface area contributed by atoms with Crippen LogP contribution in [0.1, 0.15) is 11.1 Å². The fraction of sp³-hybridized carbons (Fsp3) is 0.0526. The maximum absolute atomic E-state index is 2.41. The summed E-state index contributed by atoms with van der Waals surface area (Å²) in [4.78, 5) is 0. The minimum absolute atomic E-state index is 1.20. The van der Waals surface area contributed by atoms with Crippen LogP contribution in [0.5, 0.6) is 0 Å². The summed E-state index contributed by atoms with van der Waals surface area (Å²) in [5, 5.41) is 5.22. The van der Waals surface area contributed by atoms with E-state index < -0.39 is 0 Å². The molecule has 1 nitrogen and oxygen atoms in total. The molecule has 8 aromatic rings. The molecule has 190 valence electrons. The highest BCUT2D eigenvalue weighted by Crippen LogP contribution is 2.43. The van der Waals surface area contributed by atoms with E-state index in [2.05, 4.69) is 146 Å². The van der Waals surface area contributed by atoms with E-state index in [9.17, 15) is 0 Å². The number of hydrogen-bond acceptors (Lipinski definition) is 1. The van der Waals surface area contributed by atoms with Gasteiger partial charge in [0.1, 0.15) is 0 Å². The first kappa shape index (κ1) is 23.2. The van der Waals surface area contributed by atoms with Gasteiger partial charge in [0.15, 0.2) is 0 Å². The molecule has 0 unspecified atom stereocenters. The lowest BCUT2D eigenvalue weighted by Crippen LogP contribution is -1.93. The van der Waals surface area contributed by atoms with Crippen molar-refractivity contribution in [2.45, 2.75) is 13.8 Å². The largest absolute Gasteiger partial charge is 0.309 e. The van der Waals surface area contributed by atoms with Crippen LogP contribution in [0, 0.1) is 13.8 Å². The smallest absolute Gasteiger partial charge is 0.0541 e. The fourth-order valence-corrected chi connectivity index (χ4v) is 7.64. The van der Waals surface area contributed by atoms with Crippen LogP contribution in [0.15, 0.2) is 127 Å². The number of hydrogen-bond donors (Lipinski definition) is 0. The van der Waals surface area contributed by atoms with Crippen molar-refractivity contribution < 1.29 is 0 Å². The van der Waals surface area contributed by atoms with Gasteiger partial charge in [-0.15, -0.1) is 11.3 Å². The van der Waals surface area contributed by atoms with E-state index in [1.165, 1.54) is 81.0 Å². The molecule has 0 aliphatic carbocycles. The van der Waals surface area contributed by atoms with E-state index in [-0.39, 0.29) is 0 Å². The number of aromatic nitrogens is 1. The molecule has 2 aromatic heterocycles. The van der Waals surface area contributed by atoms with E-state index in [0.717, 1.165) is 0 Å². The Morgan fingerprint density at radius 1 is 0.475 bits per heavy atom. The van der Waals surface area contributed by atoms with Gasteiger partial charge in [-0.05, 0) is 77.6 Å². The molecule has 6 aromatic carbocycles. The maximum Gasteiger partial charge on any atom is 0.0541 e. The Hall–Kier alpha value is -4.66. The highest BCUT2D eigenvalue weighted by atomic mass is 32.1. The molecule has 0 N–H and O–H groups in total. The van der Waals surface area contributed by atoms with Crippen molar-refractivity contribution >= 4 is 53.3 Å². The number of para-hydroxylation sites is 2. The Morgan fingerprint density at radius 2 is 1.05 bits per heavy atom. The van der Waals surface area contributed by atoms with Gasteiger partial charge >= 0.3 is 0 Å². The number of thiophene rings is 1. The van der Waals surface area contributed by atoms with Crippen LogP contribution in [-0.4, -0.2) is 4.57 Å². The predicted octanol–water partition coefficient (Wildman–Crippen LogP) is 11.1. The van der Waals surface area contributed by atoms with Crippen LogP contribution < -0.4 is 0 Å². The van der Waals surface area contributed by atoms with Crippen molar-refractivity contribution in [2.75, 3.05) is 0 Å². The lowest BCUT2D eigenvalue weighted by Gasteiger charge is -2.14. The quantitative estimate of drug-likeness (QED) is 0.214. The lowest BCUT2D eigenvalue weighted by molar-refractivity contribution is 1.19. The summed E-state index contributed by atoms with van der Waals surface area (Å²) >= 11 is 1.90. The fourth-order valence-electron chi connectivity index (χ4n) is 6.43. The Kier molecular flexibility index (Phi) is 5.20. The van der Waals surface area contributed by atoms with Crippen LogP contribution in [-0.2, 0) is 0 Å². The van der Waals surface area contributed by atoms with Gasteiger partial charge in [-0.2, -0.15) is 0 Å². The van der Waals surface area contributed by atoms with Crippen LogP contribution in [0.25, 0.3) is 69.9 Å². The molecule has 0 amide bonds. The van der Waals surface area contributed by atoms with Crippen LogP contribution in [0.3, 0.4) is 0 Å². The highest BCUT2D eigenvalue weighted by molar-refractivity contribution is 7.26. The number of aryl methyl sites for hydroxylation is 1. The van der Waals surface area contributed by atoms with Gasteiger partial charge in [0.05, 0.1) is 11.0 Å². The molecule has 2 heteroatoms. The standard InChI is InChI=1S/C38H27NS/c1-24-11-3-4-12-27(24)28-15-9-16-29(25(28)2)32-17-10-18-33-34-23-26(21-22-37(34)40-38(32)33)39-35-19-7-5-13-30(35)31-14-6-8-20-36(31)39/h3-23H,1-2H3. The van der Waals surface area contributed by atoms with Crippen molar-refractivity contribution in [3.63, 3.8) is 0 Å². The second kappa shape index (κ2) is 8.94. The SMILES string of the molecule is Cc1ccccc1-c1cccc(-c2cccc3c2sc2ccc(-n4c5ccccc5c5ccccc54)cc23)c1C. The number of nitrogens with zero attached hydrogens (tertiary/aromatic N) is 1. The third kappa shape index (κ3) is 3.40. The molecule has 0 radical (unpaired) electrons. The van der Waals surface area contributed by atoms with Crippen molar-refractivity contribution in [1.29, 1.82) is 0 Å². The predicted molar refractivity (Wildman–Crippen MR) is 174 cm³/mol. The second-order valence-corrected chi connectivity index (χ2v) is 11.7. The molecule has 0 saturated heterocycles. The summed E-state index contributed by atoms with van der Waals surface area (Å²) in [6.45, 7) is 4.46. The first-order valence-corrected chi connectivity index (χ1v) is 14.6. The molecule has 0 aliphatic heterocycles. The topological polar surface area (TPSA) is 4.93 Å². The number of benzene rings is 6. The van der Waals surface area contributed by atoms with Crippen molar-refractivity contribution in [2.24, 2.45) is 0 Å². The van der Waals surface area contributed by atoms with Crippen molar-refractivity contribution in [3.05, 3.63) is 139 Å². The molecule has 0 atom stereocenters. The molecule has 0 saturated carbocycles. The van der Waals surface area contributed by atoms with Gasteiger partial charge in [-0.1, -0.05) is 97.1 Å². The zero-order chi connectivity index (χ0) is 26.8. The second-order valence-electron chi connectivity index (χ2n) is 10.6. The van der Waals surface area contributed by atoms with Crippen LogP contribution >= 0.6 is 11.3 Å². The molecule has 0 aliphatic rings. The molecule has 0 fully saturated rings. The number of fused-ring (bicyclic) bond motifs is 6. The average molecular weight is 530 g/mol. The van der Waals surface area contributed by atoms with Gasteiger partial charge in [0.2, 0.25) is 0 Å². The van der Waals surface area contributed by atoms with Gasteiger partial charge in [-0.25, -0.2) is 0 Å². The summed E-state index contributed by atoms with van der Waals surface area (Å²) in [5.74, 6) is 0. The molecule has 0 bridgehead atoms. The first-order valence-electron chi connectivity index (χ1n) is 13.8. The summed E-state index contributed by atoms with van der Waals surface area (Å²) in [7, 11) is 0. The van der Waals surface area contributed by atoms with Gasteiger partial charge in [-0.3, -0.25) is 0 Å². The Morgan fingerprint density at radius 3 is 1.80 bits per heavy atom. The molecular formula is C38H27NS. The van der Waals surface area contributed by atoms with Crippen LogP contribution in [0.4, 0.5) is 0 Å². The van der Waals surface area contributed by atoms with Gasteiger partial charge in [0.25, 0.3) is 0 Å². The van der Waals surface area contributed by atoms with E-state index in [0.29, 0.717) is 0 Å². The third-order valence-electron chi connectivity index (χ3n) is 8.38. The minimum atomic E-state index is 1.20. The summed E-state index contributed by atoms with van der Waals surface area (Å²) in [6, 6.07) is 46.6. The van der Waals surface area contributed by atoms with Gasteiger partial charge in [0, 0.05) is 36.6 Å². The molecule has 40 heavy (non-hydrogen) atoms. The molecule has 2 heterocycles. The van der Waals surface area contributed by atoms with Crippen LogP contribution in [0.2, 0.25) is 0 Å². The molecular weight excluding hydrogens is 502 g/mol. The summed E-state index contributed by atoms with van der Waals surface area (Å²) in [5.41, 5.74) is 11.5. The van der Waals surface area contributed by atoms with E-state index in [1.807, 2.05) is 11.3 Å². The Balaban J connectivity index is 1.35. The normalized spacial score (nSPS) is 11.8. The van der Waals surface area contributed by atoms with E-state index >= 15 is 0 Å². The Labute approximate surface area is 237 Å². The highest BCUT2D eigenvalue weighted by Gasteiger charge is 2.16. The van der Waals surface area contributed by atoms with Crippen molar-refractivity contribution in [1.82, 2.24) is 4.57 Å².